The number of likely N-dealkylation sites (N-methyl/N-ethyl adjacent to an activating group) is 1. The van der Waals surface area contributed by atoms with Crippen molar-refractivity contribution < 1.29 is 9.53 Å². The number of nitrogens with zero attached hydrogens (tertiary/aromatic N) is 1. The van der Waals surface area contributed by atoms with Gasteiger partial charge in [0.05, 0.1) is 13.2 Å². The maximum atomic E-state index is 12.3. The van der Waals surface area contributed by atoms with Crippen LogP contribution < -0.4 is 10.1 Å². The molecule has 0 aromatic heterocycles. The summed E-state index contributed by atoms with van der Waals surface area (Å²) in [4.78, 5) is 14.3. The fourth-order valence-corrected chi connectivity index (χ4v) is 2.41. The Morgan fingerprint density at radius 1 is 1.40 bits per heavy atom. The molecule has 1 aromatic rings. The Morgan fingerprint density at radius 2 is 2.10 bits per heavy atom. The van der Waals surface area contributed by atoms with Crippen LogP contribution in [0.4, 0.5) is 0 Å². The highest BCUT2D eigenvalue weighted by atomic mass is 35.5. The summed E-state index contributed by atoms with van der Waals surface area (Å²) in [6, 6.07) is 7.90. The highest BCUT2D eigenvalue weighted by Gasteiger charge is 2.25. The summed E-state index contributed by atoms with van der Waals surface area (Å²) in [6.45, 7) is 4.38. The van der Waals surface area contributed by atoms with E-state index in [1.165, 1.54) is 0 Å². The lowest BCUT2D eigenvalue weighted by molar-refractivity contribution is -0.133. The summed E-state index contributed by atoms with van der Waals surface area (Å²) in [7, 11) is 1.66. The van der Waals surface area contributed by atoms with Gasteiger partial charge in [0, 0.05) is 13.1 Å². The van der Waals surface area contributed by atoms with Crippen LogP contribution in [0.15, 0.2) is 24.3 Å². The molecule has 4 nitrogen and oxygen atoms in total. The Hall–Kier alpha value is -1.26. The molecule has 1 unspecified atom stereocenters. The number of rotatable bonds is 5. The second kappa shape index (κ2) is 8.12. The quantitative estimate of drug-likeness (QED) is 0.906. The van der Waals surface area contributed by atoms with Crippen molar-refractivity contribution in [2.45, 2.75) is 32.4 Å². The number of nitrogens with one attached hydrogen (secondary N) is 1. The van der Waals surface area contributed by atoms with Gasteiger partial charge in [-0.05, 0) is 44.0 Å². The van der Waals surface area contributed by atoms with Crippen molar-refractivity contribution in [1.29, 1.82) is 0 Å². The second-order valence-corrected chi connectivity index (χ2v) is 4.85. The van der Waals surface area contributed by atoms with Crippen molar-refractivity contribution in [3.8, 4) is 5.75 Å². The van der Waals surface area contributed by atoms with Crippen LogP contribution in [0.5, 0.6) is 5.75 Å². The van der Waals surface area contributed by atoms with Crippen molar-refractivity contribution in [3.63, 3.8) is 0 Å². The zero-order chi connectivity index (χ0) is 13.7. The average Bonchev–Trinajstić information content (AvgIpc) is 2.99. The minimum absolute atomic E-state index is 0. The van der Waals surface area contributed by atoms with Crippen molar-refractivity contribution in [3.05, 3.63) is 29.8 Å². The van der Waals surface area contributed by atoms with Gasteiger partial charge in [-0.1, -0.05) is 12.1 Å². The summed E-state index contributed by atoms with van der Waals surface area (Å²) >= 11 is 0. The molecular formula is C15H23ClN2O2. The first kappa shape index (κ1) is 16.8. The van der Waals surface area contributed by atoms with Crippen LogP contribution in [-0.4, -0.2) is 37.0 Å². The van der Waals surface area contributed by atoms with Crippen molar-refractivity contribution in [1.82, 2.24) is 10.2 Å². The lowest BCUT2D eigenvalue weighted by Crippen LogP contribution is -2.43. The van der Waals surface area contributed by atoms with Gasteiger partial charge in [0.25, 0.3) is 0 Å². The predicted molar refractivity (Wildman–Crippen MR) is 82.4 cm³/mol. The topological polar surface area (TPSA) is 41.6 Å². The van der Waals surface area contributed by atoms with Crippen LogP contribution in [0.2, 0.25) is 0 Å². The van der Waals surface area contributed by atoms with E-state index < -0.39 is 0 Å². The Labute approximate surface area is 126 Å². The van der Waals surface area contributed by atoms with E-state index >= 15 is 0 Å². The molecule has 0 aliphatic carbocycles. The third-order valence-corrected chi connectivity index (χ3v) is 3.58. The van der Waals surface area contributed by atoms with Gasteiger partial charge in [0.1, 0.15) is 5.75 Å². The largest absolute Gasteiger partial charge is 0.497 e. The first-order valence-electron chi connectivity index (χ1n) is 6.89. The molecule has 5 heteroatoms. The fraction of sp³-hybridized carbons (Fsp3) is 0.533. The number of ether oxygens (including phenoxy) is 1. The number of hydrogen-bond acceptors (Lipinski definition) is 3. The molecule has 1 heterocycles. The van der Waals surface area contributed by atoms with E-state index in [-0.39, 0.29) is 24.4 Å². The van der Waals surface area contributed by atoms with Gasteiger partial charge >= 0.3 is 0 Å². The predicted octanol–water partition coefficient (Wildman–Crippen LogP) is 2.22. The minimum Gasteiger partial charge on any atom is -0.497 e. The molecule has 0 saturated carbocycles. The van der Waals surface area contributed by atoms with Gasteiger partial charge in [-0.15, -0.1) is 12.4 Å². The number of amides is 1. The Kier molecular flexibility index (Phi) is 6.82. The van der Waals surface area contributed by atoms with Crippen LogP contribution in [0.1, 0.15) is 25.3 Å². The lowest BCUT2D eigenvalue weighted by atomic mass is 10.1. The third kappa shape index (κ3) is 4.12. The number of benzene rings is 1. The summed E-state index contributed by atoms with van der Waals surface area (Å²) in [6.07, 6.45) is 2.05. The zero-order valence-corrected chi connectivity index (χ0v) is 12.9. The molecule has 20 heavy (non-hydrogen) atoms. The Bertz CT molecular complexity index is 416. The molecule has 0 radical (unpaired) electrons. The van der Waals surface area contributed by atoms with E-state index in [0.717, 1.165) is 37.2 Å². The van der Waals surface area contributed by atoms with Crippen LogP contribution in [0, 0.1) is 0 Å². The van der Waals surface area contributed by atoms with E-state index in [4.69, 9.17) is 4.74 Å². The molecule has 1 aliphatic heterocycles. The highest BCUT2D eigenvalue weighted by Crippen LogP contribution is 2.15. The maximum absolute atomic E-state index is 12.3. The fourth-order valence-electron chi connectivity index (χ4n) is 2.41. The molecule has 1 aliphatic rings. The molecule has 2 rings (SSSR count). The van der Waals surface area contributed by atoms with Gasteiger partial charge in [-0.25, -0.2) is 0 Å². The molecule has 0 bridgehead atoms. The number of hydrogen-bond donors (Lipinski definition) is 1. The van der Waals surface area contributed by atoms with E-state index in [9.17, 15) is 4.79 Å². The molecule has 112 valence electrons. The molecule has 1 N–H and O–H groups in total. The monoisotopic (exact) mass is 298 g/mol. The number of methoxy groups -OCH3 is 1. The summed E-state index contributed by atoms with van der Waals surface area (Å²) in [5.74, 6) is 1.06. The Morgan fingerprint density at radius 3 is 2.60 bits per heavy atom. The van der Waals surface area contributed by atoms with Crippen LogP contribution >= 0.6 is 12.4 Å². The molecule has 0 spiro atoms. The molecule has 1 saturated heterocycles. The maximum Gasteiger partial charge on any atom is 0.239 e. The summed E-state index contributed by atoms with van der Waals surface area (Å²) in [5.41, 5.74) is 1.13. The van der Waals surface area contributed by atoms with Gasteiger partial charge in [0.2, 0.25) is 5.91 Å². The second-order valence-electron chi connectivity index (χ2n) is 4.85. The van der Waals surface area contributed by atoms with Gasteiger partial charge in [-0.2, -0.15) is 0 Å². The number of carbonyl (C=O) groups excluding carboxylic acids is 1. The average molecular weight is 299 g/mol. The molecular weight excluding hydrogens is 276 g/mol. The minimum atomic E-state index is 0. The summed E-state index contributed by atoms with van der Waals surface area (Å²) in [5, 5.41) is 3.26. The Balaban J connectivity index is 0.00000200. The van der Waals surface area contributed by atoms with Gasteiger partial charge in [-0.3, -0.25) is 4.79 Å². The van der Waals surface area contributed by atoms with Crippen LogP contribution in [0.25, 0.3) is 0 Å². The SMILES string of the molecule is CCN(Cc1ccc(OC)cc1)C(=O)C1CCCN1.Cl. The smallest absolute Gasteiger partial charge is 0.239 e. The van der Waals surface area contributed by atoms with Gasteiger partial charge < -0.3 is 15.0 Å². The molecule has 1 atom stereocenters. The normalized spacial score (nSPS) is 17.4. The first-order chi connectivity index (χ1) is 9.24. The van der Waals surface area contributed by atoms with Crippen LogP contribution in [0.3, 0.4) is 0 Å². The van der Waals surface area contributed by atoms with Crippen molar-refractivity contribution in [2.75, 3.05) is 20.2 Å². The molecule has 1 amide bonds. The van der Waals surface area contributed by atoms with E-state index in [0.29, 0.717) is 6.54 Å². The first-order valence-corrected chi connectivity index (χ1v) is 6.89. The highest BCUT2D eigenvalue weighted by molar-refractivity contribution is 5.85. The molecule has 1 fully saturated rings. The van der Waals surface area contributed by atoms with Crippen molar-refractivity contribution in [2.24, 2.45) is 0 Å². The van der Waals surface area contributed by atoms with E-state index in [2.05, 4.69) is 5.32 Å². The molecule has 1 aromatic carbocycles. The third-order valence-electron chi connectivity index (χ3n) is 3.58. The van der Waals surface area contributed by atoms with Crippen LogP contribution in [-0.2, 0) is 11.3 Å². The zero-order valence-electron chi connectivity index (χ0n) is 12.1. The van der Waals surface area contributed by atoms with Gasteiger partial charge in [0.15, 0.2) is 0 Å². The van der Waals surface area contributed by atoms with Crippen molar-refractivity contribution >= 4 is 18.3 Å². The van der Waals surface area contributed by atoms with E-state index in [1.807, 2.05) is 36.1 Å². The summed E-state index contributed by atoms with van der Waals surface area (Å²) < 4.78 is 5.14. The number of carbonyl (C=O) groups is 1. The standard InChI is InChI=1S/C15H22N2O2.ClH/c1-3-17(15(18)14-5-4-10-16-14)11-12-6-8-13(19-2)9-7-12;/h6-9,14,16H,3-5,10-11H2,1-2H3;1H. The number of halogens is 1. The lowest BCUT2D eigenvalue weighted by Gasteiger charge is -2.24. The van der Waals surface area contributed by atoms with E-state index in [1.54, 1.807) is 7.11 Å².